The fraction of sp³-hybridized carbons (Fsp3) is 0.125. The molecule has 0 unspecified atom stereocenters. The van der Waals surface area contributed by atoms with E-state index in [1.54, 1.807) is 9.59 Å². The molecule has 1 heterocycles. The zero-order valence-corrected chi connectivity index (χ0v) is 11.9. The van der Waals surface area contributed by atoms with Gasteiger partial charge < -0.3 is 0 Å². The molecule has 0 fully saturated rings. The van der Waals surface area contributed by atoms with Gasteiger partial charge in [-0.05, 0) is 42.9 Å². The predicted molar refractivity (Wildman–Crippen MR) is 77.1 cm³/mol. The lowest BCUT2D eigenvalue weighted by Crippen LogP contribution is -2.43. The van der Waals surface area contributed by atoms with Crippen molar-refractivity contribution in [3.63, 3.8) is 0 Å². The molecule has 5 heteroatoms. The minimum absolute atomic E-state index is 0.135. The van der Waals surface area contributed by atoms with Crippen molar-refractivity contribution in [3.05, 3.63) is 65.5 Å². The lowest BCUT2D eigenvalue weighted by atomic mass is 10.2. The van der Waals surface area contributed by atoms with Crippen LogP contribution in [0.5, 0.6) is 0 Å². The molecule has 0 bridgehead atoms. The SMILES string of the molecule is Cc1ccc(-n2nc(C#N)n[n+]2-c2ccc(C)cc2)cc1. The summed E-state index contributed by atoms with van der Waals surface area (Å²) < 4.78 is 0. The van der Waals surface area contributed by atoms with Crippen molar-refractivity contribution in [2.75, 3.05) is 0 Å². The fourth-order valence-electron chi connectivity index (χ4n) is 2.02. The maximum atomic E-state index is 9.06. The number of tetrazole rings is 1. The summed E-state index contributed by atoms with van der Waals surface area (Å²) in [5.74, 6) is 0.135. The molecule has 3 aromatic rings. The molecule has 21 heavy (non-hydrogen) atoms. The second-order valence-electron chi connectivity index (χ2n) is 4.89. The average molecular weight is 276 g/mol. The van der Waals surface area contributed by atoms with Crippen LogP contribution in [0, 0.1) is 25.2 Å². The Morgan fingerprint density at radius 2 is 1.52 bits per heavy atom. The van der Waals surface area contributed by atoms with Crippen molar-refractivity contribution in [1.29, 1.82) is 5.26 Å². The van der Waals surface area contributed by atoms with Crippen LogP contribution < -0.4 is 4.80 Å². The van der Waals surface area contributed by atoms with E-state index in [1.807, 2.05) is 68.4 Å². The molecule has 1 aromatic heterocycles. The van der Waals surface area contributed by atoms with Crippen LogP contribution in [-0.2, 0) is 0 Å². The van der Waals surface area contributed by atoms with Crippen LogP contribution in [0.1, 0.15) is 17.0 Å². The number of hydrogen-bond donors (Lipinski definition) is 0. The van der Waals surface area contributed by atoms with Crippen LogP contribution in [0.15, 0.2) is 48.5 Å². The first-order valence-corrected chi connectivity index (χ1v) is 6.61. The van der Waals surface area contributed by atoms with Gasteiger partial charge >= 0.3 is 5.82 Å². The fourth-order valence-corrected chi connectivity index (χ4v) is 2.02. The van der Waals surface area contributed by atoms with Crippen molar-refractivity contribution in [2.45, 2.75) is 13.8 Å². The minimum atomic E-state index is 0.135. The number of aryl methyl sites for hydroxylation is 2. The maximum Gasteiger partial charge on any atom is 0.409 e. The summed E-state index contributed by atoms with van der Waals surface area (Å²) in [6.45, 7) is 4.06. The zero-order valence-electron chi connectivity index (χ0n) is 11.9. The smallest absolute Gasteiger partial charge is 0.186 e. The predicted octanol–water partition coefficient (Wildman–Crippen LogP) is 2.03. The molecule has 0 saturated heterocycles. The van der Waals surface area contributed by atoms with Gasteiger partial charge in [0.25, 0.3) is 0 Å². The van der Waals surface area contributed by atoms with Crippen molar-refractivity contribution in [2.24, 2.45) is 0 Å². The number of benzene rings is 2. The second-order valence-corrected chi connectivity index (χ2v) is 4.89. The number of nitriles is 1. The highest BCUT2D eigenvalue weighted by Crippen LogP contribution is 2.08. The Morgan fingerprint density at radius 1 is 0.952 bits per heavy atom. The van der Waals surface area contributed by atoms with Crippen LogP contribution in [0.2, 0.25) is 0 Å². The third-order valence-corrected chi connectivity index (χ3v) is 3.19. The average Bonchev–Trinajstić information content (AvgIpc) is 2.93. The third kappa shape index (κ3) is 2.51. The van der Waals surface area contributed by atoms with Gasteiger partial charge in [0, 0.05) is 9.90 Å². The van der Waals surface area contributed by atoms with Gasteiger partial charge in [-0.15, -0.1) is 0 Å². The molecule has 5 nitrogen and oxygen atoms in total. The molecular weight excluding hydrogens is 262 g/mol. The summed E-state index contributed by atoms with van der Waals surface area (Å²) in [6, 6.07) is 17.8. The molecule has 0 spiro atoms. The van der Waals surface area contributed by atoms with Gasteiger partial charge in [-0.25, -0.2) is 0 Å². The van der Waals surface area contributed by atoms with E-state index in [0.717, 1.165) is 11.4 Å². The molecule has 3 rings (SSSR count). The summed E-state index contributed by atoms with van der Waals surface area (Å²) >= 11 is 0. The molecule has 2 aromatic carbocycles. The lowest BCUT2D eigenvalue weighted by Gasteiger charge is -2.00. The molecule has 0 radical (unpaired) electrons. The monoisotopic (exact) mass is 276 g/mol. The molecular formula is C16H14N5+. The largest absolute Gasteiger partial charge is 0.409 e. The topological polar surface area (TPSA) is 58.4 Å². The van der Waals surface area contributed by atoms with Gasteiger partial charge in [0.1, 0.15) is 5.69 Å². The van der Waals surface area contributed by atoms with Crippen LogP contribution in [0.3, 0.4) is 0 Å². The molecule has 0 aliphatic carbocycles. The zero-order chi connectivity index (χ0) is 14.8. The Bertz CT molecular complexity index is 744. The molecule has 0 amide bonds. The molecule has 0 aliphatic rings. The number of hydrogen-bond acceptors (Lipinski definition) is 3. The summed E-state index contributed by atoms with van der Waals surface area (Å²) in [7, 11) is 0. The molecule has 0 aliphatic heterocycles. The van der Waals surface area contributed by atoms with Crippen molar-refractivity contribution < 1.29 is 4.80 Å². The van der Waals surface area contributed by atoms with E-state index in [9.17, 15) is 0 Å². The van der Waals surface area contributed by atoms with Gasteiger partial charge in [0.2, 0.25) is 0 Å². The van der Waals surface area contributed by atoms with Crippen LogP contribution in [-0.4, -0.2) is 15.0 Å². The summed E-state index contributed by atoms with van der Waals surface area (Å²) in [5.41, 5.74) is 4.05. The standard InChI is InChI=1S/C16H14N5/c1-12-3-7-14(8-4-12)20-18-16(11-17)19-21(20)15-9-5-13(2)6-10-15/h3-10H,1-2H3/q+1. The Kier molecular flexibility index (Phi) is 3.20. The number of nitrogens with zero attached hydrogens (tertiary/aromatic N) is 5. The Hall–Kier alpha value is -3.00. The van der Waals surface area contributed by atoms with Gasteiger partial charge in [-0.3, -0.25) is 0 Å². The first kappa shape index (κ1) is 13.0. The Balaban J connectivity index is 2.16. The van der Waals surface area contributed by atoms with Crippen molar-refractivity contribution >= 4 is 0 Å². The van der Waals surface area contributed by atoms with Crippen molar-refractivity contribution in [3.8, 4) is 17.4 Å². The highest BCUT2D eigenvalue weighted by atomic mass is 15.7. The Morgan fingerprint density at radius 3 is 2.10 bits per heavy atom. The first-order valence-electron chi connectivity index (χ1n) is 6.61. The highest BCUT2D eigenvalue weighted by Gasteiger charge is 2.21. The van der Waals surface area contributed by atoms with E-state index >= 15 is 0 Å². The lowest BCUT2D eigenvalue weighted by molar-refractivity contribution is -0.735. The Labute approximate surface area is 122 Å². The van der Waals surface area contributed by atoms with E-state index < -0.39 is 0 Å². The summed E-state index contributed by atoms with van der Waals surface area (Å²) in [6.07, 6.45) is 0. The normalized spacial score (nSPS) is 10.3. The maximum absolute atomic E-state index is 9.06. The van der Waals surface area contributed by atoms with E-state index in [4.69, 9.17) is 5.26 Å². The van der Waals surface area contributed by atoms with E-state index in [2.05, 4.69) is 10.2 Å². The van der Waals surface area contributed by atoms with Crippen LogP contribution in [0.4, 0.5) is 0 Å². The molecule has 102 valence electrons. The second kappa shape index (κ2) is 5.17. The third-order valence-electron chi connectivity index (χ3n) is 3.19. The minimum Gasteiger partial charge on any atom is -0.186 e. The molecule has 0 atom stereocenters. The number of rotatable bonds is 2. The van der Waals surface area contributed by atoms with Gasteiger partial charge in [0.15, 0.2) is 11.8 Å². The van der Waals surface area contributed by atoms with E-state index in [0.29, 0.717) is 0 Å². The quantitative estimate of drug-likeness (QED) is 0.673. The van der Waals surface area contributed by atoms with Crippen LogP contribution in [0.25, 0.3) is 11.4 Å². The number of aromatic nitrogens is 4. The molecule has 0 N–H and O–H groups in total. The van der Waals surface area contributed by atoms with Crippen molar-refractivity contribution in [1.82, 2.24) is 15.0 Å². The first-order chi connectivity index (χ1) is 10.2. The summed E-state index contributed by atoms with van der Waals surface area (Å²) in [5, 5.41) is 17.5. The van der Waals surface area contributed by atoms with Crippen LogP contribution >= 0.6 is 0 Å². The van der Waals surface area contributed by atoms with Gasteiger partial charge in [-0.2, -0.15) is 5.26 Å². The van der Waals surface area contributed by atoms with E-state index in [1.165, 1.54) is 11.1 Å². The van der Waals surface area contributed by atoms with Gasteiger partial charge in [0.05, 0.1) is 5.10 Å². The van der Waals surface area contributed by atoms with Gasteiger partial charge in [-0.1, -0.05) is 35.4 Å². The molecule has 0 saturated carbocycles. The summed E-state index contributed by atoms with van der Waals surface area (Å²) in [4.78, 5) is 3.26. The highest BCUT2D eigenvalue weighted by molar-refractivity contribution is 5.32. The van der Waals surface area contributed by atoms with E-state index in [-0.39, 0.29) is 5.82 Å².